The summed E-state index contributed by atoms with van der Waals surface area (Å²) in [5.41, 5.74) is 3.13. The van der Waals surface area contributed by atoms with E-state index in [2.05, 4.69) is 10.1 Å². The number of aryl methyl sites for hydroxylation is 1. The van der Waals surface area contributed by atoms with E-state index < -0.39 is 0 Å². The lowest BCUT2D eigenvalue weighted by Crippen LogP contribution is -2.01. The van der Waals surface area contributed by atoms with Crippen LogP contribution in [0, 0.1) is 0 Å². The first-order chi connectivity index (χ1) is 9.76. The normalized spacial score (nSPS) is 10.7. The van der Waals surface area contributed by atoms with Crippen molar-refractivity contribution in [3.05, 3.63) is 54.6 Å². The molecular weight excluding hydrogens is 252 g/mol. The molecule has 0 aliphatic heterocycles. The van der Waals surface area contributed by atoms with Crippen molar-refractivity contribution in [1.29, 1.82) is 0 Å². The Kier molecular flexibility index (Phi) is 3.25. The fourth-order valence-corrected chi connectivity index (χ4v) is 2.11. The Morgan fingerprint density at radius 1 is 1.15 bits per heavy atom. The van der Waals surface area contributed by atoms with Gasteiger partial charge < -0.3 is 9.30 Å². The van der Waals surface area contributed by atoms with Gasteiger partial charge >= 0.3 is 0 Å². The number of hydrogen-bond donors (Lipinski definition) is 0. The minimum atomic E-state index is 0.738. The molecule has 0 saturated heterocycles. The van der Waals surface area contributed by atoms with Gasteiger partial charge in [-0.3, -0.25) is 4.68 Å². The van der Waals surface area contributed by atoms with E-state index in [1.165, 1.54) is 5.56 Å². The van der Waals surface area contributed by atoms with Gasteiger partial charge in [0, 0.05) is 13.2 Å². The van der Waals surface area contributed by atoms with Gasteiger partial charge in [-0.25, -0.2) is 4.98 Å². The van der Waals surface area contributed by atoms with Crippen LogP contribution in [0.2, 0.25) is 0 Å². The molecule has 0 radical (unpaired) electrons. The summed E-state index contributed by atoms with van der Waals surface area (Å²) >= 11 is 0. The van der Waals surface area contributed by atoms with Gasteiger partial charge in [-0.15, -0.1) is 0 Å². The number of nitrogens with zero attached hydrogens (tertiary/aromatic N) is 4. The number of methoxy groups -OCH3 is 1. The van der Waals surface area contributed by atoms with Crippen LogP contribution < -0.4 is 4.74 Å². The van der Waals surface area contributed by atoms with Crippen molar-refractivity contribution in [2.24, 2.45) is 7.05 Å². The molecule has 20 heavy (non-hydrogen) atoms. The number of benzene rings is 1. The SMILES string of the molecule is COc1ccc(Cn2ccc(-c3cncn3C)n2)cc1. The molecule has 1 aromatic carbocycles. The van der Waals surface area contributed by atoms with Gasteiger partial charge in [0.15, 0.2) is 0 Å². The Balaban J connectivity index is 1.78. The topological polar surface area (TPSA) is 44.9 Å². The maximum absolute atomic E-state index is 5.15. The first-order valence-corrected chi connectivity index (χ1v) is 6.39. The molecule has 0 N–H and O–H groups in total. The van der Waals surface area contributed by atoms with Gasteiger partial charge in [-0.1, -0.05) is 12.1 Å². The molecule has 0 amide bonds. The second-order valence-corrected chi connectivity index (χ2v) is 4.64. The fraction of sp³-hybridized carbons (Fsp3) is 0.200. The molecule has 3 aromatic rings. The largest absolute Gasteiger partial charge is 0.497 e. The van der Waals surface area contributed by atoms with Crippen LogP contribution in [0.3, 0.4) is 0 Å². The van der Waals surface area contributed by atoms with E-state index in [1.807, 2.05) is 59.0 Å². The van der Waals surface area contributed by atoms with E-state index in [-0.39, 0.29) is 0 Å². The summed E-state index contributed by atoms with van der Waals surface area (Å²) in [7, 11) is 3.63. The van der Waals surface area contributed by atoms with Crippen molar-refractivity contribution in [1.82, 2.24) is 19.3 Å². The molecule has 0 bridgehead atoms. The Hall–Kier alpha value is -2.56. The summed E-state index contributed by atoms with van der Waals surface area (Å²) in [5, 5.41) is 4.58. The molecule has 2 aromatic heterocycles. The zero-order valence-electron chi connectivity index (χ0n) is 11.5. The average Bonchev–Trinajstić information content (AvgIpc) is 3.08. The zero-order chi connectivity index (χ0) is 13.9. The zero-order valence-corrected chi connectivity index (χ0v) is 11.5. The third-order valence-electron chi connectivity index (χ3n) is 3.22. The van der Waals surface area contributed by atoms with E-state index in [0.717, 1.165) is 23.7 Å². The first-order valence-electron chi connectivity index (χ1n) is 6.39. The van der Waals surface area contributed by atoms with Gasteiger partial charge in [0.05, 0.1) is 31.9 Å². The van der Waals surface area contributed by atoms with Gasteiger partial charge in [0.1, 0.15) is 11.4 Å². The molecule has 0 atom stereocenters. The minimum absolute atomic E-state index is 0.738. The van der Waals surface area contributed by atoms with Crippen LogP contribution in [-0.2, 0) is 13.6 Å². The van der Waals surface area contributed by atoms with E-state index in [0.29, 0.717) is 0 Å². The van der Waals surface area contributed by atoms with Crippen LogP contribution >= 0.6 is 0 Å². The summed E-state index contributed by atoms with van der Waals surface area (Å²) in [5.74, 6) is 0.866. The lowest BCUT2D eigenvalue weighted by atomic mass is 10.2. The van der Waals surface area contributed by atoms with Crippen LogP contribution in [-0.4, -0.2) is 26.4 Å². The molecule has 0 spiro atoms. The van der Waals surface area contributed by atoms with Crippen LogP contribution in [0.1, 0.15) is 5.56 Å². The Labute approximate surface area is 117 Å². The summed E-state index contributed by atoms with van der Waals surface area (Å²) in [6.45, 7) is 0.738. The molecule has 0 fully saturated rings. The van der Waals surface area contributed by atoms with Crippen LogP contribution in [0.4, 0.5) is 0 Å². The smallest absolute Gasteiger partial charge is 0.118 e. The second-order valence-electron chi connectivity index (χ2n) is 4.64. The molecule has 102 valence electrons. The number of rotatable bonds is 4. The highest BCUT2D eigenvalue weighted by molar-refractivity contribution is 5.52. The molecule has 5 nitrogen and oxygen atoms in total. The van der Waals surface area contributed by atoms with E-state index >= 15 is 0 Å². The van der Waals surface area contributed by atoms with Crippen LogP contribution in [0.5, 0.6) is 5.75 Å². The molecular formula is C15H16N4O. The lowest BCUT2D eigenvalue weighted by molar-refractivity contribution is 0.414. The van der Waals surface area contributed by atoms with Gasteiger partial charge in [0.2, 0.25) is 0 Å². The number of aromatic nitrogens is 4. The van der Waals surface area contributed by atoms with Gasteiger partial charge in [-0.2, -0.15) is 5.10 Å². The fourth-order valence-electron chi connectivity index (χ4n) is 2.11. The maximum atomic E-state index is 5.15. The molecule has 0 unspecified atom stereocenters. The highest BCUT2D eigenvalue weighted by atomic mass is 16.5. The maximum Gasteiger partial charge on any atom is 0.118 e. The summed E-state index contributed by atoms with van der Waals surface area (Å²) in [6.07, 6.45) is 5.57. The number of ether oxygens (including phenoxy) is 1. The summed E-state index contributed by atoms with van der Waals surface area (Å²) in [6, 6.07) is 10.0. The third kappa shape index (κ3) is 2.42. The average molecular weight is 268 g/mol. The van der Waals surface area contributed by atoms with E-state index in [1.54, 1.807) is 13.4 Å². The van der Waals surface area contributed by atoms with Crippen molar-refractivity contribution in [2.45, 2.75) is 6.54 Å². The third-order valence-corrected chi connectivity index (χ3v) is 3.22. The Morgan fingerprint density at radius 3 is 2.60 bits per heavy atom. The monoisotopic (exact) mass is 268 g/mol. The highest BCUT2D eigenvalue weighted by Gasteiger charge is 2.06. The molecule has 5 heteroatoms. The summed E-state index contributed by atoms with van der Waals surface area (Å²) in [4.78, 5) is 4.11. The highest BCUT2D eigenvalue weighted by Crippen LogP contribution is 2.16. The first kappa shape index (κ1) is 12.5. The van der Waals surface area contributed by atoms with E-state index in [4.69, 9.17) is 4.74 Å². The number of imidazole rings is 1. The van der Waals surface area contributed by atoms with E-state index in [9.17, 15) is 0 Å². The second kappa shape index (κ2) is 5.21. The Bertz CT molecular complexity index is 697. The predicted molar refractivity (Wildman–Crippen MR) is 76.5 cm³/mol. The summed E-state index contributed by atoms with van der Waals surface area (Å²) < 4.78 is 9.03. The van der Waals surface area contributed by atoms with Crippen LogP contribution in [0.25, 0.3) is 11.4 Å². The van der Waals surface area contributed by atoms with Crippen molar-refractivity contribution in [3.8, 4) is 17.1 Å². The van der Waals surface area contributed by atoms with Crippen molar-refractivity contribution >= 4 is 0 Å². The van der Waals surface area contributed by atoms with Crippen LogP contribution in [0.15, 0.2) is 49.1 Å². The molecule has 0 aliphatic carbocycles. The predicted octanol–water partition coefficient (Wildman–Crippen LogP) is 2.34. The quantitative estimate of drug-likeness (QED) is 0.729. The van der Waals surface area contributed by atoms with Gasteiger partial charge in [0.25, 0.3) is 0 Å². The Morgan fingerprint density at radius 2 is 1.95 bits per heavy atom. The molecule has 0 saturated carbocycles. The van der Waals surface area contributed by atoms with Gasteiger partial charge in [-0.05, 0) is 23.8 Å². The minimum Gasteiger partial charge on any atom is -0.497 e. The van der Waals surface area contributed by atoms with Crippen molar-refractivity contribution in [3.63, 3.8) is 0 Å². The number of hydrogen-bond acceptors (Lipinski definition) is 3. The molecule has 0 aliphatic rings. The van der Waals surface area contributed by atoms with Crippen molar-refractivity contribution in [2.75, 3.05) is 7.11 Å². The molecule has 3 rings (SSSR count). The molecule has 2 heterocycles. The standard InChI is InChI=1S/C15H16N4O/c1-18-11-16-9-15(18)14-7-8-19(17-14)10-12-3-5-13(20-2)6-4-12/h3-9,11H,10H2,1-2H3. The lowest BCUT2D eigenvalue weighted by Gasteiger charge is -2.04. The van der Waals surface area contributed by atoms with Crippen molar-refractivity contribution < 1.29 is 4.74 Å².